The Kier molecular flexibility index (Phi) is 4.12. The molecule has 0 radical (unpaired) electrons. The average Bonchev–Trinajstić information content (AvgIpc) is 2.30. The van der Waals surface area contributed by atoms with Crippen molar-refractivity contribution in [1.29, 1.82) is 0 Å². The van der Waals surface area contributed by atoms with E-state index in [2.05, 4.69) is 42.6 Å². The summed E-state index contributed by atoms with van der Waals surface area (Å²) in [5, 5.41) is 0. The van der Waals surface area contributed by atoms with Crippen molar-refractivity contribution in [2.75, 3.05) is 37.6 Å². The molecule has 1 fully saturated rings. The highest BCUT2D eigenvalue weighted by molar-refractivity contribution is 9.10. The van der Waals surface area contributed by atoms with Crippen LogP contribution in [0, 0.1) is 0 Å². The van der Waals surface area contributed by atoms with Crippen LogP contribution in [0.25, 0.3) is 0 Å². The number of hydrogen-bond donors (Lipinski definition) is 0. The van der Waals surface area contributed by atoms with Crippen molar-refractivity contribution in [3.63, 3.8) is 0 Å². The molecule has 16 heavy (non-hydrogen) atoms. The summed E-state index contributed by atoms with van der Waals surface area (Å²) in [5.41, 5.74) is 0. The van der Waals surface area contributed by atoms with Crippen molar-refractivity contribution in [2.45, 2.75) is 13.3 Å². The van der Waals surface area contributed by atoms with Gasteiger partial charge in [-0.3, -0.25) is 4.90 Å². The Morgan fingerprint density at radius 3 is 2.62 bits per heavy atom. The number of nitrogens with zero attached hydrogens (tertiary/aromatic N) is 4. The maximum absolute atomic E-state index is 4.30. The molecule has 0 bridgehead atoms. The van der Waals surface area contributed by atoms with Crippen molar-refractivity contribution in [2.24, 2.45) is 0 Å². The van der Waals surface area contributed by atoms with Crippen LogP contribution in [0.4, 0.5) is 5.82 Å². The van der Waals surface area contributed by atoms with Gasteiger partial charge in [-0.25, -0.2) is 9.97 Å². The van der Waals surface area contributed by atoms with E-state index in [1.165, 1.54) is 13.0 Å². The number of anilines is 1. The monoisotopic (exact) mass is 284 g/mol. The first-order chi connectivity index (χ1) is 7.79. The molecule has 1 saturated heterocycles. The van der Waals surface area contributed by atoms with Gasteiger partial charge in [0.05, 0.1) is 0 Å². The first-order valence-corrected chi connectivity index (χ1v) is 6.53. The smallest absolute Gasteiger partial charge is 0.133 e. The molecular weight excluding hydrogens is 268 g/mol. The molecule has 1 aliphatic rings. The lowest BCUT2D eigenvalue weighted by molar-refractivity contribution is 0.258. The van der Waals surface area contributed by atoms with Gasteiger partial charge in [0.2, 0.25) is 0 Å². The average molecular weight is 285 g/mol. The summed E-state index contributed by atoms with van der Waals surface area (Å²) in [7, 11) is 0. The highest BCUT2D eigenvalue weighted by Crippen LogP contribution is 2.16. The lowest BCUT2D eigenvalue weighted by Gasteiger charge is -2.35. The predicted molar refractivity (Wildman–Crippen MR) is 68.7 cm³/mol. The van der Waals surface area contributed by atoms with E-state index in [4.69, 9.17) is 0 Å². The van der Waals surface area contributed by atoms with E-state index in [0.717, 1.165) is 36.6 Å². The Labute approximate surface area is 105 Å². The molecule has 0 amide bonds. The van der Waals surface area contributed by atoms with Gasteiger partial charge in [0.1, 0.15) is 16.7 Å². The Morgan fingerprint density at radius 2 is 2.00 bits per heavy atom. The van der Waals surface area contributed by atoms with Crippen LogP contribution >= 0.6 is 15.9 Å². The van der Waals surface area contributed by atoms with E-state index < -0.39 is 0 Å². The van der Waals surface area contributed by atoms with Crippen LogP contribution in [0.3, 0.4) is 0 Å². The van der Waals surface area contributed by atoms with Gasteiger partial charge in [-0.15, -0.1) is 0 Å². The minimum absolute atomic E-state index is 0.855. The third-order valence-electron chi connectivity index (χ3n) is 2.86. The minimum atomic E-state index is 0.855. The minimum Gasteiger partial charge on any atom is -0.354 e. The number of hydrogen-bond acceptors (Lipinski definition) is 4. The zero-order chi connectivity index (χ0) is 11.4. The molecular formula is C11H17BrN4. The number of halogens is 1. The molecule has 1 aliphatic heterocycles. The Balaban J connectivity index is 1.94. The van der Waals surface area contributed by atoms with E-state index in [0.29, 0.717) is 0 Å². The molecule has 2 rings (SSSR count). The first kappa shape index (κ1) is 11.8. The summed E-state index contributed by atoms with van der Waals surface area (Å²) in [5.74, 6) is 1.03. The van der Waals surface area contributed by atoms with Crippen LogP contribution in [-0.2, 0) is 0 Å². The van der Waals surface area contributed by atoms with E-state index in [9.17, 15) is 0 Å². The molecule has 1 aromatic rings. The second kappa shape index (κ2) is 5.59. The second-order valence-corrected chi connectivity index (χ2v) is 4.84. The molecule has 0 unspecified atom stereocenters. The fraction of sp³-hybridized carbons (Fsp3) is 0.636. The fourth-order valence-corrected chi connectivity index (χ4v) is 2.31. The molecule has 1 aromatic heterocycles. The summed E-state index contributed by atoms with van der Waals surface area (Å²) >= 11 is 3.38. The predicted octanol–water partition coefficient (Wildman–Crippen LogP) is 1.77. The van der Waals surface area contributed by atoms with Gasteiger partial charge in [0, 0.05) is 32.2 Å². The van der Waals surface area contributed by atoms with E-state index in [-0.39, 0.29) is 0 Å². The number of piperazine rings is 1. The van der Waals surface area contributed by atoms with Gasteiger partial charge in [-0.1, -0.05) is 6.92 Å². The van der Waals surface area contributed by atoms with Crippen LogP contribution in [-0.4, -0.2) is 47.6 Å². The standard InChI is InChI=1S/C11H17BrN4/c1-2-3-15-4-6-16(7-5-15)11-8-10(12)13-9-14-11/h8-9H,2-7H2,1H3. The second-order valence-electron chi connectivity index (χ2n) is 4.03. The van der Waals surface area contributed by atoms with Gasteiger partial charge in [0.25, 0.3) is 0 Å². The Bertz CT molecular complexity index is 337. The molecule has 0 spiro atoms. The Hall–Kier alpha value is -0.680. The quantitative estimate of drug-likeness (QED) is 0.792. The van der Waals surface area contributed by atoms with Crippen LogP contribution < -0.4 is 4.90 Å². The zero-order valence-electron chi connectivity index (χ0n) is 9.56. The van der Waals surface area contributed by atoms with Crippen molar-refractivity contribution in [3.8, 4) is 0 Å². The van der Waals surface area contributed by atoms with Gasteiger partial charge >= 0.3 is 0 Å². The molecule has 0 saturated carbocycles. The third-order valence-corrected chi connectivity index (χ3v) is 3.29. The van der Waals surface area contributed by atoms with E-state index in [1.807, 2.05) is 6.07 Å². The highest BCUT2D eigenvalue weighted by atomic mass is 79.9. The van der Waals surface area contributed by atoms with Gasteiger partial charge in [0.15, 0.2) is 0 Å². The molecule has 4 nitrogen and oxygen atoms in total. The SMILES string of the molecule is CCCN1CCN(c2cc(Br)ncn2)CC1. The Morgan fingerprint density at radius 1 is 1.25 bits per heavy atom. The van der Waals surface area contributed by atoms with Crippen molar-refractivity contribution < 1.29 is 0 Å². The van der Waals surface area contributed by atoms with E-state index >= 15 is 0 Å². The largest absolute Gasteiger partial charge is 0.354 e. The molecule has 0 N–H and O–H groups in total. The molecule has 0 aromatic carbocycles. The first-order valence-electron chi connectivity index (χ1n) is 5.74. The van der Waals surface area contributed by atoms with Crippen LogP contribution in [0.15, 0.2) is 17.0 Å². The molecule has 88 valence electrons. The number of rotatable bonds is 3. The maximum atomic E-state index is 4.30. The summed E-state index contributed by atoms with van der Waals surface area (Å²) < 4.78 is 0.855. The summed E-state index contributed by atoms with van der Waals surface area (Å²) in [6.07, 6.45) is 2.84. The number of aromatic nitrogens is 2. The van der Waals surface area contributed by atoms with Crippen LogP contribution in [0.5, 0.6) is 0 Å². The van der Waals surface area contributed by atoms with Crippen LogP contribution in [0.1, 0.15) is 13.3 Å². The van der Waals surface area contributed by atoms with Gasteiger partial charge < -0.3 is 4.90 Å². The van der Waals surface area contributed by atoms with Gasteiger partial charge in [-0.2, -0.15) is 0 Å². The van der Waals surface area contributed by atoms with E-state index in [1.54, 1.807) is 6.33 Å². The van der Waals surface area contributed by atoms with Crippen molar-refractivity contribution >= 4 is 21.7 Å². The van der Waals surface area contributed by atoms with Gasteiger partial charge in [-0.05, 0) is 28.9 Å². The lowest BCUT2D eigenvalue weighted by atomic mass is 10.3. The fourth-order valence-electron chi connectivity index (χ4n) is 2.01. The summed E-state index contributed by atoms with van der Waals surface area (Å²) in [4.78, 5) is 13.2. The molecule has 0 atom stereocenters. The van der Waals surface area contributed by atoms with Crippen molar-refractivity contribution in [1.82, 2.24) is 14.9 Å². The van der Waals surface area contributed by atoms with Crippen molar-refractivity contribution in [3.05, 3.63) is 17.0 Å². The lowest BCUT2D eigenvalue weighted by Crippen LogP contribution is -2.46. The normalized spacial score (nSPS) is 17.8. The molecule has 5 heteroatoms. The van der Waals surface area contributed by atoms with Crippen LogP contribution in [0.2, 0.25) is 0 Å². The molecule has 0 aliphatic carbocycles. The maximum Gasteiger partial charge on any atom is 0.133 e. The molecule has 2 heterocycles. The summed E-state index contributed by atoms with van der Waals surface area (Å²) in [6, 6.07) is 1.98. The zero-order valence-corrected chi connectivity index (χ0v) is 11.2. The third kappa shape index (κ3) is 2.92. The topological polar surface area (TPSA) is 32.3 Å². The highest BCUT2D eigenvalue weighted by Gasteiger charge is 2.17. The summed E-state index contributed by atoms with van der Waals surface area (Å²) in [6.45, 7) is 7.83.